The number of hydrogen-bond donors (Lipinski definition) is 0. The van der Waals surface area contributed by atoms with Gasteiger partial charge < -0.3 is 9.80 Å². The monoisotopic (exact) mass is 513 g/mol. The number of piperazine rings is 1. The predicted molar refractivity (Wildman–Crippen MR) is 129 cm³/mol. The van der Waals surface area contributed by atoms with E-state index in [-0.39, 0.29) is 29.8 Å². The Bertz CT molecular complexity index is 1370. The van der Waals surface area contributed by atoms with Crippen molar-refractivity contribution >= 4 is 40.7 Å². The Hall–Kier alpha value is -3.85. The SMILES string of the molecule is O=C(c1ccccc1C(F)(F)F)N1CCN(c2ccc3c(c2)C(=O)N(c2ccc(Cl)cc2)C3=O)CC1. The van der Waals surface area contributed by atoms with Gasteiger partial charge in [-0.05, 0) is 54.6 Å². The van der Waals surface area contributed by atoms with Gasteiger partial charge in [-0.1, -0.05) is 23.7 Å². The molecule has 5 rings (SSSR count). The maximum absolute atomic E-state index is 13.3. The van der Waals surface area contributed by atoms with Crippen LogP contribution in [0.3, 0.4) is 0 Å². The summed E-state index contributed by atoms with van der Waals surface area (Å²) in [6.07, 6.45) is -4.62. The lowest BCUT2D eigenvalue weighted by molar-refractivity contribution is -0.138. The van der Waals surface area contributed by atoms with Gasteiger partial charge in [0.1, 0.15) is 0 Å². The van der Waals surface area contributed by atoms with Gasteiger partial charge in [0.05, 0.1) is 27.9 Å². The Morgan fingerprint density at radius 2 is 1.39 bits per heavy atom. The van der Waals surface area contributed by atoms with Gasteiger partial charge in [0.2, 0.25) is 0 Å². The Balaban J connectivity index is 1.31. The molecular weight excluding hydrogens is 495 g/mol. The van der Waals surface area contributed by atoms with E-state index in [0.717, 1.165) is 11.0 Å². The van der Waals surface area contributed by atoms with Crippen LogP contribution in [0.5, 0.6) is 0 Å². The molecule has 36 heavy (non-hydrogen) atoms. The van der Waals surface area contributed by atoms with Crippen LogP contribution in [-0.4, -0.2) is 48.8 Å². The van der Waals surface area contributed by atoms with Gasteiger partial charge in [0.15, 0.2) is 0 Å². The number of alkyl halides is 3. The number of amides is 3. The highest BCUT2D eigenvalue weighted by Gasteiger charge is 2.38. The third-order valence-electron chi connectivity index (χ3n) is 6.35. The number of benzene rings is 3. The maximum atomic E-state index is 13.3. The zero-order chi connectivity index (χ0) is 25.6. The molecule has 2 aliphatic rings. The van der Waals surface area contributed by atoms with Crippen molar-refractivity contribution in [2.75, 3.05) is 36.0 Å². The van der Waals surface area contributed by atoms with Crippen LogP contribution in [0.25, 0.3) is 0 Å². The summed E-state index contributed by atoms with van der Waals surface area (Å²) >= 11 is 5.91. The van der Waals surface area contributed by atoms with Crippen LogP contribution in [0.1, 0.15) is 36.6 Å². The first-order valence-corrected chi connectivity index (χ1v) is 11.5. The molecule has 3 aromatic rings. The van der Waals surface area contributed by atoms with Crippen LogP contribution in [0, 0.1) is 0 Å². The summed E-state index contributed by atoms with van der Waals surface area (Å²) in [5.74, 6) is -1.55. The van der Waals surface area contributed by atoms with Crippen molar-refractivity contribution in [3.05, 3.63) is 94.0 Å². The molecule has 0 atom stereocenters. The highest BCUT2D eigenvalue weighted by atomic mass is 35.5. The van der Waals surface area contributed by atoms with Gasteiger partial charge in [-0.3, -0.25) is 14.4 Å². The van der Waals surface area contributed by atoms with Gasteiger partial charge in [-0.2, -0.15) is 13.2 Å². The van der Waals surface area contributed by atoms with E-state index < -0.39 is 29.5 Å². The number of carbonyl (C=O) groups excluding carboxylic acids is 3. The van der Waals surface area contributed by atoms with E-state index in [4.69, 9.17) is 11.6 Å². The van der Waals surface area contributed by atoms with Gasteiger partial charge in [-0.25, -0.2) is 4.90 Å². The quantitative estimate of drug-likeness (QED) is 0.456. The summed E-state index contributed by atoms with van der Waals surface area (Å²) in [7, 11) is 0. The zero-order valence-corrected chi connectivity index (χ0v) is 19.5. The largest absolute Gasteiger partial charge is 0.417 e. The first-order chi connectivity index (χ1) is 17.1. The number of halogens is 4. The molecular formula is C26H19ClF3N3O3. The Morgan fingerprint density at radius 3 is 2.06 bits per heavy atom. The summed E-state index contributed by atoms with van der Waals surface area (Å²) in [5, 5.41) is 0.483. The second-order valence-corrected chi connectivity index (χ2v) is 8.91. The number of nitrogens with zero attached hydrogens (tertiary/aromatic N) is 3. The lowest BCUT2D eigenvalue weighted by Gasteiger charge is -2.36. The normalized spacial score (nSPS) is 15.9. The second-order valence-electron chi connectivity index (χ2n) is 8.47. The van der Waals surface area contributed by atoms with Gasteiger partial charge in [-0.15, -0.1) is 0 Å². The number of hydrogen-bond acceptors (Lipinski definition) is 4. The van der Waals surface area contributed by atoms with Gasteiger partial charge in [0, 0.05) is 36.9 Å². The first-order valence-electron chi connectivity index (χ1n) is 11.1. The molecule has 0 unspecified atom stereocenters. The van der Waals surface area contributed by atoms with E-state index >= 15 is 0 Å². The summed E-state index contributed by atoms with van der Waals surface area (Å²) < 4.78 is 40.0. The minimum atomic E-state index is -4.62. The fourth-order valence-electron chi connectivity index (χ4n) is 4.51. The van der Waals surface area contributed by atoms with Crippen molar-refractivity contribution in [2.45, 2.75) is 6.18 Å². The van der Waals surface area contributed by atoms with E-state index in [1.165, 1.54) is 23.1 Å². The predicted octanol–water partition coefficient (Wildman–Crippen LogP) is 5.12. The summed E-state index contributed by atoms with van der Waals surface area (Å²) in [6, 6.07) is 16.1. The van der Waals surface area contributed by atoms with Crippen molar-refractivity contribution in [3.8, 4) is 0 Å². The lowest BCUT2D eigenvalue weighted by Crippen LogP contribution is -2.49. The van der Waals surface area contributed by atoms with Crippen LogP contribution in [0.15, 0.2) is 66.7 Å². The highest BCUT2D eigenvalue weighted by molar-refractivity contribution is 6.35. The molecule has 3 amide bonds. The Labute approximate surface area is 209 Å². The average molecular weight is 514 g/mol. The minimum Gasteiger partial charge on any atom is -0.368 e. The number of rotatable bonds is 3. The molecule has 0 saturated carbocycles. The topological polar surface area (TPSA) is 60.9 Å². The Kier molecular flexibility index (Phi) is 5.96. The van der Waals surface area contributed by atoms with Crippen LogP contribution < -0.4 is 9.80 Å². The van der Waals surface area contributed by atoms with Crippen LogP contribution in [0.2, 0.25) is 5.02 Å². The standard InChI is InChI=1S/C26H19ClF3N3O3/c27-16-5-7-17(8-6-16)33-24(35)19-10-9-18(15-21(19)25(33)36)31-11-13-32(14-12-31)23(34)20-3-1-2-4-22(20)26(28,29)30/h1-10,15H,11-14H2. The first kappa shape index (κ1) is 23.9. The zero-order valence-electron chi connectivity index (χ0n) is 18.8. The number of fused-ring (bicyclic) bond motifs is 1. The molecule has 1 saturated heterocycles. The second kappa shape index (κ2) is 8.98. The third kappa shape index (κ3) is 4.19. The van der Waals surface area contributed by atoms with E-state index in [1.807, 2.05) is 4.90 Å². The molecule has 1 fully saturated rings. The van der Waals surface area contributed by atoms with E-state index in [0.29, 0.717) is 29.5 Å². The van der Waals surface area contributed by atoms with Crippen molar-refractivity contribution < 1.29 is 27.6 Å². The van der Waals surface area contributed by atoms with Crippen LogP contribution in [0.4, 0.5) is 24.5 Å². The molecule has 0 radical (unpaired) electrons. The van der Waals surface area contributed by atoms with Crippen LogP contribution >= 0.6 is 11.6 Å². The number of anilines is 2. The average Bonchev–Trinajstić information content (AvgIpc) is 3.13. The van der Waals surface area contributed by atoms with Gasteiger partial charge in [0.25, 0.3) is 17.7 Å². The molecule has 0 spiro atoms. The van der Waals surface area contributed by atoms with E-state index in [2.05, 4.69) is 0 Å². The van der Waals surface area contributed by atoms with Crippen molar-refractivity contribution in [1.82, 2.24) is 4.90 Å². The third-order valence-corrected chi connectivity index (χ3v) is 6.60. The molecule has 0 aromatic heterocycles. The molecule has 0 bridgehead atoms. The summed E-state index contributed by atoms with van der Waals surface area (Å²) in [5.41, 5.74) is 0.335. The Morgan fingerprint density at radius 1 is 0.778 bits per heavy atom. The van der Waals surface area contributed by atoms with E-state index in [1.54, 1.807) is 42.5 Å². The molecule has 184 valence electrons. The molecule has 6 nitrogen and oxygen atoms in total. The molecule has 3 aromatic carbocycles. The molecule has 0 N–H and O–H groups in total. The smallest absolute Gasteiger partial charge is 0.368 e. The summed E-state index contributed by atoms with van der Waals surface area (Å²) in [4.78, 5) is 43.2. The van der Waals surface area contributed by atoms with Crippen LogP contribution in [-0.2, 0) is 6.18 Å². The summed E-state index contributed by atoms with van der Waals surface area (Å²) in [6.45, 7) is 1.15. The van der Waals surface area contributed by atoms with Crippen molar-refractivity contribution in [3.63, 3.8) is 0 Å². The molecule has 2 heterocycles. The fourth-order valence-corrected chi connectivity index (χ4v) is 4.63. The van der Waals surface area contributed by atoms with Crippen molar-refractivity contribution in [1.29, 1.82) is 0 Å². The highest BCUT2D eigenvalue weighted by Crippen LogP contribution is 2.34. The van der Waals surface area contributed by atoms with Crippen molar-refractivity contribution in [2.24, 2.45) is 0 Å². The fraction of sp³-hybridized carbons (Fsp3) is 0.192. The number of imide groups is 1. The molecule has 2 aliphatic heterocycles. The number of carbonyl (C=O) groups is 3. The maximum Gasteiger partial charge on any atom is 0.417 e. The lowest BCUT2D eigenvalue weighted by atomic mass is 10.0. The minimum absolute atomic E-state index is 0.214. The molecule has 0 aliphatic carbocycles. The van der Waals surface area contributed by atoms with Gasteiger partial charge >= 0.3 is 6.18 Å². The molecule has 10 heteroatoms. The van der Waals surface area contributed by atoms with E-state index in [9.17, 15) is 27.6 Å².